The second-order valence-corrected chi connectivity index (χ2v) is 7.47. The predicted octanol–water partition coefficient (Wildman–Crippen LogP) is 2.79. The van der Waals surface area contributed by atoms with E-state index in [4.69, 9.17) is 5.73 Å². The summed E-state index contributed by atoms with van der Waals surface area (Å²) in [5.41, 5.74) is 11.0. The Morgan fingerprint density at radius 1 is 1.21 bits per heavy atom. The molecule has 4 rings (SSSR count). The molecule has 1 aromatic carbocycles. The number of fused-ring (bicyclic) bond motifs is 1. The number of hydrogen-bond acceptors (Lipinski definition) is 4. The molecule has 2 atom stereocenters. The number of carbonyl (C=O) groups excluding carboxylic acids is 1. The number of aromatic nitrogens is 3. The fourth-order valence-corrected chi connectivity index (χ4v) is 3.81. The summed E-state index contributed by atoms with van der Waals surface area (Å²) in [6, 6.07) is 10.4. The normalized spacial score (nSPS) is 18.2. The van der Waals surface area contributed by atoms with Crippen molar-refractivity contribution >= 4 is 22.9 Å². The van der Waals surface area contributed by atoms with Crippen molar-refractivity contribution in [2.45, 2.75) is 45.7 Å². The highest BCUT2D eigenvalue weighted by Gasteiger charge is 2.39. The second-order valence-electron chi connectivity index (χ2n) is 7.47. The average molecular weight is 378 g/mol. The van der Waals surface area contributed by atoms with E-state index in [1.54, 1.807) is 0 Å². The number of aryl methyl sites for hydroxylation is 3. The molecule has 0 saturated heterocycles. The van der Waals surface area contributed by atoms with Gasteiger partial charge in [-0.05, 0) is 38.3 Å². The number of anilines is 1. The van der Waals surface area contributed by atoms with Gasteiger partial charge in [-0.1, -0.05) is 30.3 Å². The van der Waals surface area contributed by atoms with Gasteiger partial charge in [0.1, 0.15) is 11.3 Å². The van der Waals surface area contributed by atoms with E-state index < -0.39 is 0 Å². The van der Waals surface area contributed by atoms with Crippen molar-refractivity contribution in [1.82, 2.24) is 25.2 Å². The number of nitrogens with two attached hydrogens (primary N) is 1. The van der Waals surface area contributed by atoms with Crippen molar-refractivity contribution in [2.75, 3.05) is 12.3 Å². The fourth-order valence-electron chi connectivity index (χ4n) is 3.81. The minimum atomic E-state index is -0.125. The van der Waals surface area contributed by atoms with Gasteiger partial charge in [-0.2, -0.15) is 0 Å². The Labute approximate surface area is 164 Å². The lowest BCUT2D eigenvalue weighted by Crippen LogP contribution is -2.38. The molecule has 1 aliphatic carbocycles. The fraction of sp³-hybridized carbons (Fsp3) is 0.381. The van der Waals surface area contributed by atoms with Gasteiger partial charge in [0.2, 0.25) is 0 Å². The summed E-state index contributed by atoms with van der Waals surface area (Å²) >= 11 is 0. The number of urea groups is 1. The molecule has 1 aliphatic rings. The van der Waals surface area contributed by atoms with Crippen LogP contribution in [-0.2, 0) is 6.54 Å². The first kappa shape index (κ1) is 18.3. The van der Waals surface area contributed by atoms with Gasteiger partial charge in [0.15, 0.2) is 5.82 Å². The van der Waals surface area contributed by atoms with Gasteiger partial charge in [-0.25, -0.2) is 14.8 Å². The van der Waals surface area contributed by atoms with Crippen molar-refractivity contribution in [1.29, 1.82) is 0 Å². The minimum Gasteiger partial charge on any atom is -0.382 e. The van der Waals surface area contributed by atoms with Gasteiger partial charge in [0, 0.05) is 30.7 Å². The van der Waals surface area contributed by atoms with Gasteiger partial charge >= 0.3 is 6.03 Å². The molecular formula is C21H26N6O. The van der Waals surface area contributed by atoms with Gasteiger partial charge < -0.3 is 20.9 Å². The number of benzene rings is 1. The monoisotopic (exact) mass is 378 g/mol. The lowest BCUT2D eigenvalue weighted by Gasteiger charge is -2.12. The molecular weight excluding hydrogens is 352 g/mol. The molecule has 0 bridgehead atoms. The largest absolute Gasteiger partial charge is 0.382 e. The number of nitrogens with zero attached hydrogens (tertiary/aromatic N) is 3. The van der Waals surface area contributed by atoms with Gasteiger partial charge in [-0.3, -0.25) is 0 Å². The third kappa shape index (κ3) is 3.40. The Morgan fingerprint density at radius 3 is 2.71 bits per heavy atom. The molecule has 0 radical (unpaired) electrons. The molecule has 146 valence electrons. The van der Waals surface area contributed by atoms with Crippen molar-refractivity contribution in [3.05, 3.63) is 53.0 Å². The summed E-state index contributed by atoms with van der Waals surface area (Å²) in [5.74, 6) is 1.74. The molecule has 4 N–H and O–H groups in total. The Hall–Kier alpha value is -3.09. The molecule has 7 heteroatoms. The number of nitrogen functional groups attached to an aromatic ring is 1. The zero-order valence-electron chi connectivity index (χ0n) is 16.5. The van der Waals surface area contributed by atoms with E-state index in [1.807, 2.05) is 39.0 Å². The molecule has 2 amide bonds. The predicted molar refractivity (Wildman–Crippen MR) is 110 cm³/mol. The molecule has 1 saturated carbocycles. The van der Waals surface area contributed by atoms with Crippen molar-refractivity contribution in [3.63, 3.8) is 0 Å². The molecule has 2 aromatic heterocycles. The highest BCUT2D eigenvalue weighted by Crippen LogP contribution is 2.40. The molecule has 0 spiro atoms. The van der Waals surface area contributed by atoms with Crippen LogP contribution < -0.4 is 16.4 Å². The third-order valence-electron chi connectivity index (χ3n) is 5.54. The summed E-state index contributed by atoms with van der Waals surface area (Å²) in [5, 5.41) is 6.02. The lowest BCUT2D eigenvalue weighted by atomic mass is 10.1. The SMILES string of the molecule is Cc1nc(N)c2nc(C)n(CCNC(=O)NC3C[C@H]3c3ccccc3)c2c1C. The first-order chi connectivity index (χ1) is 13.5. The zero-order valence-corrected chi connectivity index (χ0v) is 16.5. The van der Waals surface area contributed by atoms with E-state index in [0.29, 0.717) is 24.8 Å². The van der Waals surface area contributed by atoms with E-state index in [2.05, 4.69) is 37.3 Å². The molecule has 28 heavy (non-hydrogen) atoms. The minimum absolute atomic E-state index is 0.125. The summed E-state index contributed by atoms with van der Waals surface area (Å²) in [7, 11) is 0. The summed E-state index contributed by atoms with van der Waals surface area (Å²) in [6.45, 7) is 7.07. The van der Waals surface area contributed by atoms with Crippen LogP contribution in [0.2, 0.25) is 0 Å². The van der Waals surface area contributed by atoms with Crippen molar-refractivity contribution < 1.29 is 4.79 Å². The third-order valence-corrected chi connectivity index (χ3v) is 5.54. The Bertz CT molecular complexity index is 1030. The summed E-state index contributed by atoms with van der Waals surface area (Å²) in [4.78, 5) is 21.2. The molecule has 0 aliphatic heterocycles. The van der Waals surface area contributed by atoms with Crippen LogP contribution in [0.5, 0.6) is 0 Å². The van der Waals surface area contributed by atoms with Gasteiger partial charge in [0.25, 0.3) is 0 Å². The number of pyridine rings is 1. The standard InChI is InChI=1S/C21H26N6O/c1-12-13(2)24-20(22)18-19(12)27(14(3)25-18)10-9-23-21(28)26-17-11-16(17)15-7-5-4-6-8-15/h4-8,16-17H,9-11H2,1-3H3,(H2,22,24)(H2,23,26,28)/t16-,17?/m0/s1. The second kappa shape index (κ2) is 7.14. The van der Waals surface area contributed by atoms with Gasteiger partial charge in [0.05, 0.1) is 5.52 Å². The van der Waals surface area contributed by atoms with E-state index in [9.17, 15) is 4.79 Å². The summed E-state index contributed by atoms with van der Waals surface area (Å²) in [6.07, 6.45) is 0.994. The summed E-state index contributed by atoms with van der Waals surface area (Å²) < 4.78 is 2.10. The zero-order chi connectivity index (χ0) is 19.8. The molecule has 1 fully saturated rings. The number of imidazole rings is 1. The quantitative estimate of drug-likeness (QED) is 0.636. The number of carbonyl (C=O) groups is 1. The molecule has 2 heterocycles. The molecule has 7 nitrogen and oxygen atoms in total. The number of hydrogen-bond donors (Lipinski definition) is 3. The highest BCUT2D eigenvalue weighted by atomic mass is 16.2. The number of rotatable bonds is 5. The highest BCUT2D eigenvalue weighted by molar-refractivity contribution is 5.88. The maximum atomic E-state index is 12.2. The van der Waals surface area contributed by atoms with Crippen LogP contribution in [0.4, 0.5) is 10.6 Å². The maximum Gasteiger partial charge on any atom is 0.315 e. The lowest BCUT2D eigenvalue weighted by molar-refractivity contribution is 0.240. The van der Waals surface area contributed by atoms with Gasteiger partial charge in [-0.15, -0.1) is 0 Å². The van der Waals surface area contributed by atoms with Crippen LogP contribution in [0, 0.1) is 20.8 Å². The Balaban J connectivity index is 1.36. The van der Waals surface area contributed by atoms with Crippen molar-refractivity contribution in [2.24, 2.45) is 0 Å². The Morgan fingerprint density at radius 2 is 1.96 bits per heavy atom. The maximum absolute atomic E-state index is 12.2. The van der Waals surface area contributed by atoms with Crippen LogP contribution in [0.3, 0.4) is 0 Å². The van der Waals surface area contributed by atoms with Crippen LogP contribution in [0.1, 0.15) is 35.0 Å². The van der Waals surface area contributed by atoms with E-state index in [-0.39, 0.29) is 12.1 Å². The van der Waals surface area contributed by atoms with Crippen molar-refractivity contribution in [3.8, 4) is 0 Å². The number of amides is 2. The van der Waals surface area contributed by atoms with E-state index >= 15 is 0 Å². The first-order valence-corrected chi connectivity index (χ1v) is 9.64. The first-order valence-electron chi connectivity index (χ1n) is 9.64. The molecule has 3 aromatic rings. The van der Waals surface area contributed by atoms with Crippen LogP contribution in [0.25, 0.3) is 11.0 Å². The Kier molecular flexibility index (Phi) is 4.66. The molecule has 1 unspecified atom stereocenters. The number of nitrogens with one attached hydrogen (secondary N) is 2. The smallest absolute Gasteiger partial charge is 0.315 e. The van der Waals surface area contributed by atoms with E-state index in [1.165, 1.54) is 5.56 Å². The van der Waals surface area contributed by atoms with Crippen LogP contribution >= 0.6 is 0 Å². The van der Waals surface area contributed by atoms with Crippen LogP contribution in [-0.4, -0.2) is 33.2 Å². The topological polar surface area (TPSA) is 97.9 Å². The average Bonchev–Trinajstić information content (AvgIpc) is 3.35. The van der Waals surface area contributed by atoms with E-state index in [0.717, 1.165) is 34.5 Å². The van der Waals surface area contributed by atoms with Crippen LogP contribution in [0.15, 0.2) is 30.3 Å².